The molecule has 0 spiro atoms. The summed E-state index contributed by atoms with van der Waals surface area (Å²) in [5.41, 5.74) is 1.13. The molecule has 0 fully saturated rings. The van der Waals surface area contributed by atoms with Crippen LogP contribution in [0.15, 0.2) is 10.5 Å². The molecule has 1 aromatic rings. The molecule has 20 heavy (non-hydrogen) atoms. The molecule has 0 aliphatic rings. The monoisotopic (exact) mass is 285 g/mol. The summed E-state index contributed by atoms with van der Waals surface area (Å²) in [6, 6.07) is 2.17. The highest BCUT2D eigenvalue weighted by molar-refractivity contribution is 5.23. The van der Waals surface area contributed by atoms with Gasteiger partial charge in [-0.1, -0.05) is 0 Å². The molecule has 0 bridgehead atoms. The first-order valence-corrected chi connectivity index (χ1v) is 7.18. The van der Waals surface area contributed by atoms with E-state index in [1.165, 1.54) is 0 Å². The lowest BCUT2D eigenvalue weighted by atomic mass is 10.1. The molecule has 0 saturated heterocycles. The Morgan fingerprint density at radius 2 is 2.00 bits per heavy atom. The molecule has 1 rings (SSSR count). The Morgan fingerprint density at radius 1 is 1.30 bits per heavy atom. The minimum absolute atomic E-state index is 0.144. The zero-order valence-corrected chi connectivity index (χ0v) is 12.9. The summed E-state index contributed by atoms with van der Waals surface area (Å²) in [5, 5.41) is 13.1. The van der Waals surface area contributed by atoms with E-state index in [1.807, 2.05) is 26.8 Å². The van der Waals surface area contributed by atoms with Crippen LogP contribution in [-0.2, 0) is 9.47 Å². The summed E-state index contributed by atoms with van der Waals surface area (Å²) in [6.45, 7) is 10.5. The van der Waals surface area contributed by atoms with E-state index in [0.717, 1.165) is 17.1 Å². The maximum absolute atomic E-state index is 9.82. The predicted molar refractivity (Wildman–Crippen MR) is 77.9 cm³/mol. The molecule has 0 saturated carbocycles. The minimum atomic E-state index is -0.521. The fourth-order valence-corrected chi connectivity index (χ4v) is 2.04. The van der Waals surface area contributed by atoms with Crippen LogP contribution in [0.25, 0.3) is 0 Å². The van der Waals surface area contributed by atoms with E-state index < -0.39 is 6.10 Å². The van der Waals surface area contributed by atoms with Gasteiger partial charge < -0.3 is 24.3 Å². The third-order valence-electron chi connectivity index (χ3n) is 3.09. The second kappa shape index (κ2) is 9.13. The second-order valence-corrected chi connectivity index (χ2v) is 4.92. The van der Waals surface area contributed by atoms with Gasteiger partial charge in [-0.2, -0.15) is 0 Å². The normalized spacial score (nSPS) is 14.4. The van der Waals surface area contributed by atoms with Crippen LogP contribution >= 0.6 is 0 Å². The second-order valence-electron chi connectivity index (χ2n) is 4.92. The van der Waals surface area contributed by atoms with Gasteiger partial charge >= 0.3 is 0 Å². The number of aryl methyl sites for hydroxylation is 2. The third kappa shape index (κ3) is 6.05. The van der Waals surface area contributed by atoms with Crippen molar-refractivity contribution in [1.82, 2.24) is 5.32 Å². The summed E-state index contributed by atoms with van der Waals surface area (Å²) in [5.74, 6) is 1.83. The van der Waals surface area contributed by atoms with Crippen LogP contribution in [0.3, 0.4) is 0 Å². The molecule has 0 radical (unpaired) electrons. The van der Waals surface area contributed by atoms with E-state index in [9.17, 15) is 5.11 Å². The van der Waals surface area contributed by atoms with Gasteiger partial charge in [-0.25, -0.2) is 0 Å². The molecular weight excluding hydrogens is 258 g/mol. The Bertz CT molecular complexity index is 378. The van der Waals surface area contributed by atoms with Crippen LogP contribution in [0.4, 0.5) is 0 Å². The number of aliphatic hydroxyl groups excluding tert-OH is 1. The Morgan fingerprint density at radius 3 is 2.60 bits per heavy atom. The van der Waals surface area contributed by atoms with Crippen molar-refractivity contribution in [3.63, 3.8) is 0 Å². The van der Waals surface area contributed by atoms with E-state index in [-0.39, 0.29) is 6.04 Å². The summed E-state index contributed by atoms with van der Waals surface area (Å²) in [6.07, 6.45) is -0.521. The number of rotatable bonds is 10. The van der Waals surface area contributed by atoms with E-state index in [1.54, 1.807) is 0 Å². The van der Waals surface area contributed by atoms with Gasteiger partial charge in [0.05, 0.1) is 25.9 Å². The van der Waals surface area contributed by atoms with Crippen molar-refractivity contribution in [2.45, 2.75) is 39.8 Å². The zero-order chi connectivity index (χ0) is 15.0. The number of aliphatic hydroxyl groups is 1. The molecule has 1 heterocycles. The topological polar surface area (TPSA) is 63.9 Å². The highest BCUT2D eigenvalue weighted by Crippen LogP contribution is 2.20. The van der Waals surface area contributed by atoms with Crippen LogP contribution in [0.2, 0.25) is 0 Å². The van der Waals surface area contributed by atoms with Crippen molar-refractivity contribution in [1.29, 1.82) is 0 Å². The van der Waals surface area contributed by atoms with Crippen LogP contribution in [0.1, 0.15) is 37.0 Å². The molecule has 0 aliphatic heterocycles. The fraction of sp³-hybridized carbons (Fsp3) is 0.733. The lowest BCUT2D eigenvalue weighted by Crippen LogP contribution is -2.32. The van der Waals surface area contributed by atoms with Gasteiger partial charge in [0.2, 0.25) is 0 Å². The maximum atomic E-state index is 9.82. The lowest BCUT2D eigenvalue weighted by molar-refractivity contribution is 0.00585. The van der Waals surface area contributed by atoms with Crippen molar-refractivity contribution in [3.05, 3.63) is 23.2 Å². The largest absolute Gasteiger partial charge is 0.466 e. The smallest absolute Gasteiger partial charge is 0.105 e. The number of hydrogen-bond donors (Lipinski definition) is 2. The van der Waals surface area contributed by atoms with Crippen molar-refractivity contribution in [2.24, 2.45) is 0 Å². The average molecular weight is 285 g/mol. The van der Waals surface area contributed by atoms with Gasteiger partial charge in [-0.15, -0.1) is 0 Å². The first kappa shape index (κ1) is 17.2. The minimum Gasteiger partial charge on any atom is -0.466 e. The molecule has 116 valence electrons. The first-order valence-electron chi connectivity index (χ1n) is 7.18. The van der Waals surface area contributed by atoms with Gasteiger partial charge in [0, 0.05) is 24.8 Å². The molecule has 2 N–H and O–H groups in total. The molecule has 5 nitrogen and oxygen atoms in total. The molecule has 0 aliphatic carbocycles. The first-order chi connectivity index (χ1) is 9.54. The van der Waals surface area contributed by atoms with Crippen molar-refractivity contribution < 1.29 is 19.0 Å². The Hall–Kier alpha value is -0.880. The number of hydrogen-bond acceptors (Lipinski definition) is 5. The number of furan rings is 1. The van der Waals surface area contributed by atoms with Gasteiger partial charge in [-0.3, -0.25) is 0 Å². The Labute approximate surface area is 121 Å². The Kier molecular flexibility index (Phi) is 7.84. The van der Waals surface area contributed by atoms with Crippen LogP contribution in [0.5, 0.6) is 0 Å². The molecule has 1 aromatic heterocycles. The van der Waals surface area contributed by atoms with Crippen molar-refractivity contribution in [2.75, 3.05) is 33.0 Å². The van der Waals surface area contributed by atoms with E-state index in [4.69, 9.17) is 13.9 Å². The molecule has 0 amide bonds. The van der Waals surface area contributed by atoms with Crippen LogP contribution in [0, 0.1) is 13.8 Å². The molecular formula is C15H27NO4. The third-order valence-corrected chi connectivity index (χ3v) is 3.09. The highest BCUT2D eigenvalue weighted by Gasteiger charge is 2.13. The molecule has 5 heteroatoms. The van der Waals surface area contributed by atoms with Gasteiger partial charge in [0.25, 0.3) is 0 Å². The van der Waals surface area contributed by atoms with E-state index in [2.05, 4.69) is 12.2 Å². The SMILES string of the molecule is CCOCCOCC(O)CNC(C)c1cc(C)oc1C. The summed E-state index contributed by atoms with van der Waals surface area (Å²) in [4.78, 5) is 0. The molecule has 2 atom stereocenters. The van der Waals surface area contributed by atoms with Gasteiger partial charge in [-0.05, 0) is 33.8 Å². The zero-order valence-electron chi connectivity index (χ0n) is 12.9. The maximum Gasteiger partial charge on any atom is 0.105 e. The standard InChI is InChI=1S/C15H27NO4/c1-5-18-6-7-19-10-14(17)9-16-12(3)15-8-11(2)20-13(15)4/h8,12,14,16-17H,5-7,9-10H2,1-4H3. The summed E-state index contributed by atoms with van der Waals surface area (Å²) >= 11 is 0. The quantitative estimate of drug-likeness (QED) is 0.643. The number of ether oxygens (including phenoxy) is 2. The highest BCUT2D eigenvalue weighted by atomic mass is 16.5. The average Bonchev–Trinajstić information content (AvgIpc) is 2.75. The lowest BCUT2D eigenvalue weighted by Gasteiger charge is -2.17. The predicted octanol–water partition coefficient (Wildman–Crippen LogP) is 1.96. The van der Waals surface area contributed by atoms with Gasteiger partial charge in [0.1, 0.15) is 11.5 Å². The summed E-state index contributed by atoms with van der Waals surface area (Å²) in [7, 11) is 0. The van der Waals surface area contributed by atoms with Crippen LogP contribution < -0.4 is 5.32 Å². The Balaban J connectivity index is 2.20. The van der Waals surface area contributed by atoms with Crippen LogP contribution in [-0.4, -0.2) is 44.2 Å². The van der Waals surface area contributed by atoms with Gasteiger partial charge in [0.15, 0.2) is 0 Å². The molecule has 2 unspecified atom stereocenters. The molecule has 0 aromatic carbocycles. The van der Waals surface area contributed by atoms with E-state index >= 15 is 0 Å². The summed E-state index contributed by atoms with van der Waals surface area (Å²) < 4.78 is 16.0. The van der Waals surface area contributed by atoms with E-state index in [0.29, 0.717) is 33.0 Å². The van der Waals surface area contributed by atoms with Crippen molar-refractivity contribution in [3.8, 4) is 0 Å². The van der Waals surface area contributed by atoms with Crippen molar-refractivity contribution >= 4 is 0 Å². The number of nitrogens with one attached hydrogen (secondary N) is 1. The fourth-order valence-electron chi connectivity index (χ4n) is 2.04.